The first-order valence-corrected chi connectivity index (χ1v) is 9.22. The van der Waals surface area contributed by atoms with Crippen molar-refractivity contribution in [3.8, 4) is 0 Å². The van der Waals surface area contributed by atoms with Gasteiger partial charge in [-0.05, 0) is 29.0 Å². The summed E-state index contributed by atoms with van der Waals surface area (Å²) in [6.45, 7) is -0.110. The van der Waals surface area contributed by atoms with Gasteiger partial charge in [0.1, 0.15) is 18.3 Å². The molecule has 1 aromatic carbocycles. The van der Waals surface area contributed by atoms with Crippen molar-refractivity contribution in [1.82, 2.24) is 15.2 Å². The van der Waals surface area contributed by atoms with E-state index in [9.17, 15) is 14.4 Å². The van der Waals surface area contributed by atoms with Gasteiger partial charge in [-0.1, -0.05) is 35.5 Å². The Labute approximate surface area is 172 Å². The van der Waals surface area contributed by atoms with E-state index in [2.05, 4.69) is 25.1 Å². The molecule has 0 fully saturated rings. The van der Waals surface area contributed by atoms with Crippen LogP contribution in [0, 0.1) is 0 Å². The third kappa shape index (κ3) is 4.73. The van der Waals surface area contributed by atoms with Crippen LogP contribution in [0.4, 0.5) is 0 Å². The van der Waals surface area contributed by atoms with Crippen LogP contribution in [0.3, 0.4) is 0 Å². The third-order valence-corrected chi connectivity index (χ3v) is 4.72. The van der Waals surface area contributed by atoms with Crippen molar-refractivity contribution in [2.24, 2.45) is 5.11 Å². The number of carbonyl (C=O) groups is 3. The van der Waals surface area contributed by atoms with Gasteiger partial charge in [0.15, 0.2) is 0 Å². The number of ether oxygens (including phenoxy) is 1. The quantitative estimate of drug-likeness (QED) is 0.256. The number of benzene rings is 1. The molecule has 1 aromatic heterocycles. The van der Waals surface area contributed by atoms with Gasteiger partial charge in [-0.15, -0.1) is 0 Å². The van der Waals surface area contributed by atoms with Crippen molar-refractivity contribution in [1.29, 1.82) is 0 Å². The lowest BCUT2D eigenvalue weighted by Gasteiger charge is -2.24. The van der Waals surface area contributed by atoms with Gasteiger partial charge in [0.05, 0.1) is 7.11 Å². The van der Waals surface area contributed by atoms with Crippen LogP contribution in [0.2, 0.25) is 0 Å². The molecule has 0 saturated carbocycles. The minimum absolute atomic E-state index is 0.0625. The van der Waals surface area contributed by atoms with Crippen molar-refractivity contribution in [2.75, 3.05) is 26.7 Å². The molecule has 0 spiro atoms. The number of fused-ring (bicyclic) bond motifs is 1. The minimum atomic E-state index is -0.897. The smallest absolute Gasteiger partial charge is 0.325 e. The molecule has 30 heavy (non-hydrogen) atoms. The number of rotatable bonds is 6. The van der Waals surface area contributed by atoms with Crippen molar-refractivity contribution >= 4 is 28.6 Å². The summed E-state index contributed by atoms with van der Waals surface area (Å²) in [5, 5.41) is 7.77. The predicted octanol–water partition coefficient (Wildman–Crippen LogP) is 1.98. The molecular weight excluding hydrogens is 388 g/mol. The number of amides is 2. The number of carbonyl (C=O) groups excluding carboxylic acids is 3. The second kappa shape index (κ2) is 9.53. The van der Waals surface area contributed by atoms with Crippen molar-refractivity contribution in [2.45, 2.75) is 12.5 Å². The molecule has 2 heterocycles. The first-order chi connectivity index (χ1) is 14.5. The Bertz CT molecular complexity index is 1050. The lowest BCUT2D eigenvalue weighted by Crippen LogP contribution is -2.49. The maximum atomic E-state index is 13.0. The van der Waals surface area contributed by atoms with Crippen LogP contribution in [-0.4, -0.2) is 60.5 Å². The summed E-state index contributed by atoms with van der Waals surface area (Å²) in [4.78, 5) is 45.8. The van der Waals surface area contributed by atoms with Gasteiger partial charge in [0.25, 0.3) is 5.91 Å². The zero-order valence-corrected chi connectivity index (χ0v) is 16.3. The molecule has 1 atom stereocenters. The number of azide groups is 1. The molecule has 1 N–H and O–H groups in total. The van der Waals surface area contributed by atoms with Crippen molar-refractivity contribution in [3.63, 3.8) is 0 Å². The van der Waals surface area contributed by atoms with E-state index in [1.54, 1.807) is 24.3 Å². The fourth-order valence-corrected chi connectivity index (χ4v) is 3.23. The summed E-state index contributed by atoms with van der Waals surface area (Å²) in [6.07, 6.45) is 3.47. The number of nitrogens with one attached hydrogen (secondary N) is 1. The standard InChI is InChI=1S/C20H20N6O4/c1-30-17(27)12-26-11-13(10-23-25-21)6-7-16(20(26)29)24-19(28)18-15-5-3-2-4-14(15)8-9-22-18/h2-6,8-9,16H,7,10-12H2,1H3,(H,24,28)/t16-/m0/s1. The Balaban J connectivity index is 1.85. The van der Waals surface area contributed by atoms with Crippen LogP contribution in [0.25, 0.3) is 21.2 Å². The summed E-state index contributed by atoms with van der Waals surface area (Å²) >= 11 is 0. The molecule has 0 radical (unpaired) electrons. The second-order valence-electron chi connectivity index (χ2n) is 6.66. The molecule has 10 nitrogen and oxygen atoms in total. The first kappa shape index (κ1) is 20.8. The summed E-state index contributed by atoms with van der Waals surface area (Å²) in [5.74, 6) is -1.51. The summed E-state index contributed by atoms with van der Waals surface area (Å²) in [6, 6.07) is 8.22. The van der Waals surface area contributed by atoms with E-state index in [-0.39, 0.29) is 31.7 Å². The van der Waals surface area contributed by atoms with Crippen molar-refractivity contribution in [3.05, 3.63) is 64.3 Å². The van der Waals surface area contributed by atoms with Crippen LogP contribution in [-0.2, 0) is 14.3 Å². The van der Waals surface area contributed by atoms with Crippen LogP contribution >= 0.6 is 0 Å². The Morgan fingerprint density at radius 3 is 2.93 bits per heavy atom. The minimum Gasteiger partial charge on any atom is -0.468 e. The Morgan fingerprint density at radius 1 is 1.37 bits per heavy atom. The van der Waals surface area contributed by atoms with Gasteiger partial charge in [0.2, 0.25) is 5.91 Å². The van der Waals surface area contributed by atoms with E-state index >= 15 is 0 Å². The highest BCUT2D eigenvalue weighted by molar-refractivity contribution is 6.06. The Morgan fingerprint density at radius 2 is 2.17 bits per heavy atom. The summed E-state index contributed by atoms with van der Waals surface area (Å²) in [5.41, 5.74) is 9.45. The molecule has 10 heteroatoms. The molecular formula is C20H20N6O4. The largest absolute Gasteiger partial charge is 0.468 e. The number of methoxy groups -OCH3 is 1. The van der Waals surface area contributed by atoms with Crippen LogP contribution in [0.1, 0.15) is 16.9 Å². The molecule has 3 rings (SSSR count). The van der Waals surface area contributed by atoms with Crippen LogP contribution < -0.4 is 5.32 Å². The topological polar surface area (TPSA) is 137 Å². The number of esters is 1. The van der Waals surface area contributed by atoms with Crippen LogP contribution in [0.5, 0.6) is 0 Å². The monoisotopic (exact) mass is 408 g/mol. The lowest BCUT2D eigenvalue weighted by molar-refractivity contribution is -0.147. The fraction of sp³-hybridized carbons (Fsp3) is 0.300. The number of hydrogen-bond donors (Lipinski definition) is 1. The molecule has 154 valence electrons. The van der Waals surface area contributed by atoms with Gasteiger partial charge in [-0.2, -0.15) is 0 Å². The number of pyridine rings is 1. The zero-order chi connectivity index (χ0) is 21.5. The molecule has 0 bridgehead atoms. The third-order valence-electron chi connectivity index (χ3n) is 4.72. The van der Waals surface area contributed by atoms with Gasteiger partial charge < -0.3 is 15.0 Å². The normalized spacial score (nSPS) is 16.3. The lowest BCUT2D eigenvalue weighted by atomic mass is 10.1. The van der Waals surface area contributed by atoms with Crippen molar-refractivity contribution < 1.29 is 19.1 Å². The molecule has 1 aliphatic rings. The average Bonchev–Trinajstić information content (AvgIpc) is 2.91. The Hall–Kier alpha value is -3.91. The molecule has 0 aliphatic carbocycles. The first-order valence-electron chi connectivity index (χ1n) is 9.22. The summed E-state index contributed by atoms with van der Waals surface area (Å²) < 4.78 is 4.66. The number of nitrogens with zero attached hydrogens (tertiary/aromatic N) is 5. The van der Waals surface area contributed by atoms with E-state index in [4.69, 9.17) is 5.53 Å². The number of aromatic nitrogens is 1. The van der Waals surface area contributed by atoms with E-state index in [1.165, 1.54) is 18.2 Å². The molecule has 0 saturated heterocycles. The fourth-order valence-electron chi connectivity index (χ4n) is 3.23. The Kier molecular flexibility index (Phi) is 6.61. The molecule has 2 amide bonds. The van der Waals surface area contributed by atoms with E-state index < -0.39 is 23.8 Å². The highest BCUT2D eigenvalue weighted by Crippen LogP contribution is 2.18. The number of hydrogen-bond acceptors (Lipinski definition) is 6. The maximum Gasteiger partial charge on any atom is 0.325 e. The molecule has 1 aliphatic heterocycles. The zero-order valence-electron chi connectivity index (χ0n) is 16.3. The SMILES string of the molecule is COC(=O)CN1CC(CN=[N+]=[N-])=CC[C@H](NC(=O)c2nccc3ccccc23)C1=O. The van der Waals surface area contributed by atoms with Crippen LogP contribution in [0.15, 0.2) is 53.3 Å². The van der Waals surface area contributed by atoms with E-state index in [0.29, 0.717) is 11.0 Å². The highest BCUT2D eigenvalue weighted by atomic mass is 16.5. The van der Waals surface area contributed by atoms with E-state index in [1.807, 2.05) is 12.1 Å². The predicted molar refractivity (Wildman–Crippen MR) is 108 cm³/mol. The highest BCUT2D eigenvalue weighted by Gasteiger charge is 2.30. The van der Waals surface area contributed by atoms with E-state index in [0.717, 1.165) is 5.39 Å². The molecule has 2 aromatic rings. The maximum absolute atomic E-state index is 13.0. The second-order valence-corrected chi connectivity index (χ2v) is 6.66. The van der Waals surface area contributed by atoms with Gasteiger partial charge in [0, 0.05) is 29.6 Å². The van der Waals surface area contributed by atoms with Gasteiger partial charge >= 0.3 is 5.97 Å². The van der Waals surface area contributed by atoms with Gasteiger partial charge in [-0.3, -0.25) is 19.4 Å². The van der Waals surface area contributed by atoms with Gasteiger partial charge in [-0.25, -0.2) is 0 Å². The molecule has 0 unspecified atom stereocenters. The summed E-state index contributed by atoms with van der Waals surface area (Å²) in [7, 11) is 1.23. The average molecular weight is 408 g/mol.